The van der Waals surface area contributed by atoms with Crippen molar-refractivity contribution in [3.63, 3.8) is 0 Å². The number of nitrogens with zero attached hydrogens (tertiary/aromatic N) is 2. The fourth-order valence-electron chi connectivity index (χ4n) is 2.12. The lowest BCUT2D eigenvalue weighted by atomic mass is 10.1. The smallest absolute Gasteiger partial charge is 0.187 e. The Morgan fingerprint density at radius 3 is 2.52 bits per heavy atom. The molecule has 0 radical (unpaired) electrons. The first-order chi connectivity index (χ1) is 10.9. The average Bonchev–Trinajstić information content (AvgIpc) is 2.51. The summed E-state index contributed by atoms with van der Waals surface area (Å²) in [5.41, 5.74) is 5.53. The van der Waals surface area contributed by atoms with Crippen molar-refractivity contribution in [2.75, 3.05) is 13.1 Å². The second kappa shape index (κ2) is 9.47. The minimum absolute atomic E-state index is 0.264. The molecule has 6 heteroatoms. The van der Waals surface area contributed by atoms with Crippen molar-refractivity contribution in [3.05, 3.63) is 29.3 Å². The van der Waals surface area contributed by atoms with Gasteiger partial charge in [-0.15, -0.1) is 0 Å². The van der Waals surface area contributed by atoms with Gasteiger partial charge in [-0.25, -0.2) is 0 Å². The van der Waals surface area contributed by atoms with Gasteiger partial charge < -0.3 is 10.4 Å². The van der Waals surface area contributed by atoms with Crippen LogP contribution in [0.5, 0.6) is 5.75 Å². The SMILES string of the molecule is CCN(CC)Cc1cc(/C(C)=N/NC(=S)NC(C)C)ccc1O. The lowest BCUT2D eigenvalue weighted by Gasteiger charge is -2.19. The number of hydrazone groups is 1. The Hall–Kier alpha value is -1.66. The van der Waals surface area contributed by atoms with E-state index in [0.717, 1.165) is 36.5 Å². The highest BCUT2D eigenvalue weighted by molar-refractivity contribution is 7.80. The minimum Gasteiger partial charge on any atom is -0.508 e. The summed E-state index contributed by atoms with van der Waals surface area (Å²) >= 11 is 5.16. The number of phenols is 1. The molecule has 0 fully saturated rings. The molecule has 1 aromatic rings. The maximum atomic E-state index is 10.1. The second-order valence-electron chi connectivity index (χ2n) is 5.74. The number of thiocarbonyl (C=S) groups is 1. The zero-order chi connectivity index (χ0) is 17.4. The predicted molar refractivity (Wildman–Crippen MR) is 101 cm³/mol. The molecule has 1 rings (SSSR count). The van der Waals surface area contributed by atoms with Crippen molar-refractivity contribution in [1.82, 2.24) is 15.6 Å². The predicted octanol–water partition coefficient (Wildman–Crippen LogP) is 2.83. The topological polar surface area (TPSA) is 59.9 Å². The molecule has 0 bridgehead atoms. The van der Waals surface area contributed by atoms with E-state index in [0.29, 0.717) is 10.9 Å². The van der Waals surface area contributed by atoms with Crippen molar-refractivity contribution < 1.29 is 5.11 Å². The highest BCUT2D eigenvalue weighted by Crippen LogP contribution is 2.20. The molecule has 0 saturated heterocycles. The summed E-state index contributed by atoms with van der Waals surface area (Å²) in [6, 6.07) is 5.82. The molecule has 0 amide bonds. The van der Waals surface area contributed by atoms with Crippen LogP contribution in [0.3, 0.4) is 0 Å². The number of benzene rings is 1. The molecule has 23 heavy (non-hydrogen) atoms. The molecule has 3 N–H and O–H groups in total. The first-order valence-electron chi connectivity index (χ1n) is 8.02. The zero-order valence-corrected chi connectivity index (χ0v) is 15.5. The van der Waals surface area contributed by atoms with E-state index in [1.54, 1.807) is 6.07 Å². The highest BCUT2D eigenvalue weighted by Gasteiger charge is 2.08. The van der Waals surface area contributed by atoms with E-state index >= 15 is 0 Å². The van der Waals surface area contributed by atoms with E-state index in [4.69, 9.17) is 12.2 Å². The van der Waals surface area contributed by atoms with Crippen LogP contribution in [-0.2, 0) is 6.54 Å². The molecule has 0 unspecified atom stereocenters. The third kappa shape index (κ3) is 6.54. The molecule has 0 heterocycles. The van der Waals surface area contributed by atoms with Crippen molar-refractivity contribution in [2.45, 2.75) is 47.2 Å². The van der Waals surface area contributed by atoms with E-state index in [9.17, 15) is 5.11 Å². The lowest BCUT2D eigenvalue weighted by molar-refractivity contribution is 0.291. The van der Waals surface area contributed by atoms with Gasteiger partial charge in [-0.2, -0.15) is 5.10 Å². The van der Waals surface area contributed by atoms with E-state index in [-0.39, 0.29) is 6.04 Å². The van der Waals surface area contributed by atoms with E-state index < -0.39 is 0 Å². The van der Waals surface area contributed by atoms with Gasteiger partial charge in [0.2, 0.25) is 0 Å². The summed E-state index contributed by atoms with van der Waals surface area (Å²) in [7, 11) is 0. The Kier molecular flexibility index (Phi) is 7.98. The Balaban J connectivity index is 2.85. The first kappa shape index (κ1) is 19.4. The normalized spacial score (nSPS) is 11.9. The molecule has 0 atom stereocenters. The number of nitrogens with one attached hydrogen (secondary N) is 2. The highest BCUT2D eigenvalue weighted by atomic mass is 32.1. The van der Waals surface area contributed by atoms with Crippen LogP contribution in [0.25, 0.3) is 0 Å². The molecule has 0 saturated carbocycles. The van der Waals surface area contributed by atoms with Crippen molar-refractivity contribution in [3.8, 4) is 5.75 Å². The van der Waals surface area contributed by atoms with E-state index in [1.807, 2.05) is 32.9 Å². The Bertz CT molecular complexity index is 554. The maximum Gasteiger partial charge on any atom is 0.187 e. The van der Waals surface area contributed by atoms with Gasteiger partial charge in [-0.05, 0) is 69.8 Å². The van der Waals surface area contributed by atoms with Gasteiger partial charge in [0, 0.05) is 18.2 Å². The van der Waals surface area contributed by atoms with Crippen LogP contribution in [0, 0.1) is 0 Å². The quantitative estimate of drug-likeness (QED) is 0.406. The molecule has 0 aliphatic heterocycles. The largest absolute Gasteiger partial charge is 0.508 e. The summed E-state index contributed by atoms with van der Waals surface area (Å²) in [5, 5.41) is 17.9. The van der Waals surface area contributed by atoms with Gasteiger partial charge in [0.15, 0.2) is 5.11 Å². The zero-order valence-electron chi connectivity index (χ0n) is 14.7. The van der Waals surface area contributed by atoms with Gasteiger partial charge >= 0.3 is 0 Å². The fraction of sp³-hybridized carbons (Fsp3) is 0.529. The van der Waals surface area contributed by atoms with Crippen LogP contribution in [0.4, 0.5) is 0 Å². The molecule has 128 valence electrons. The van der Waals surface area contributed by atoms with Crippen LogP contribution < -0.4 is 10.7 Å². The van der Waals surface area contributed by atoms with Crippen LogP contribution in [0.1, 0.15) is 45.7 Å². The summed E-state index contributed by atoms with van der Waals surface area (Å²) in [6.07, 6.45) is 0. The molecule has 0 aliphatic rings. The summed E-state index contributed by atoms with van der Waals surface area (Å²) in [5.74, 6) is 0.318. The van der Waals surface area contributed by atoms with Crippen molar-refractivity contribution >= 4 is 23.0 Å². The first-order valence-corrected chi connectivity index (χ1v) is 8.43. The number of aromatic hydroxyl groups is 1. The summed E-state index contributed by atoms with van der Waals surface area (Å²) in [4.78, 5) is 2.26. The van der Waals surface area contributed by atoms with Gasteiger partial charge in [0.1, 0.15) is 5.75 Å². The Morgan fingerprint density at radius 1 is 1.30 bits per heavy atom. The number of phenolic OH excluding ortho intramolecular Hbond substituents is 1. The summed E-state index contributed by atoms with van der Waals surface area (Å²) in [6.45, 7) is 12.8. The molecule has 0 aromatic heterocycles. The van der Waals surface area contributed by atoms with Crippen molar-refractivity contribution in [2.24, 2.45) is 5.10 Å². The monoisotopic (exact) mass is 336 g/mol. The average molecular weight is 337 g/mol. The van der Waals surface area contributed by atoms with Gasteiger partial charge in [0.05, 0.1) is 5.71 Å². The molecule has 0 aliphatic carbocycles. The van der Waals surface area contributed by atoms with Crippen molar-refractivity contribution in [1.29, 1.82) is 0 Å². The van der Waals surface area contributed by atoms with Crippen LogP contribution in [0.2, 0.25) is 0 Å². The van der Waals surface area contributed by atoms with Gasteiger partial charge in [-0.1, -0.05) is 13.8 Å². The van der Waals surface area contributed by atoms with Crippen LogP contribution in [0.15, 0.2) is 23.3 Å². The van der Waals surface area contributed by atoms with Crippen LogP contribution in [-0.4, -0.2) is 40.0 Å². The summed E-state index contributed by atoms with van der Waals surface area (Å²) < 4.78 is 0. The molecular weight excluding hydrogens is 308 g/mol. The number of hydrogen-bond acceptors (Lipinski definition) is 4. The fourth-order valence-corrected chi connectivity index (χ4v) is 2.40. The van der Waals surface area contributed by atoms with Crippen LogP contribution >= 0.6 is 12.2 Å². The molecular formula is C17H28N4OS. The third-order valence-electron chi connectivity index (χ3n) is 3.53. The standard InChI is InChI=1S/C17H28N4OS/c1-6-21(7-2)11-15-10-14(8-9-16(15)22)13(5)19-20-17(23)18-12(3)4/h8-10,12,22H,6-7,11H2,1-5H3,(H2,18,20,23)/b19-13+. The lowest BCUT2D eigenvalue weighted by Crippen LogP contribution is -2.37. The third-order valence-corrected chi connectivity index (χ3v) is 3.74. The Morgan fingerprint density at radius 2 is 1.96 bits per heavy atom. The van der Waals surface area contributed by atoms with E-state index in [2.05, 4.69) is 34.6 Å². The number of rotatable bonds is 7. The molecule has 5 nitrogen and oxygen atoms in total. The van der Waals surface area contributed by atoms with Gasteiger partial charge in [-0.3, -0.25) is 10.3 Å². The molecule has 0 spiro atoms. The molecule has 1 aromatic carbocycles. The Labute approximate surface area is 144 Å². The van der Waals surface area contributed by atoms with Gasteiger partial charge in [0.25, 0.3) is 0 Å². The number of hydrogen-bond donors (Lipinski definition) is 3. The minimum atomic E-state index is 0.264. The van der Waals surface area contributed by atoms with E-state index in [1.165, 1.54) is 0 Å². The second-order valence-corrected chi connectivity index (χ2v) is 6.15. The maximum absolute atomic E-state index is 10.1.